The zero-order valence-electron chi connectivity index (χ0n) is 16.7. The van der Waals surface area contributed by atoms with Crippen LogP contribution in [0.3, 0.4) is 0 Å². The van der Waals surface area contributed by atoms with Gasteiger partial charge in [0.2, 0.25) is 0 Å². The van der Waals surface area contributed by atoms with E-state index in [0.29, 0.717) is 22.2 Å². The lowest BCUT2D eigenvalue weighted by Crippen LogP contribution is -2.20. The summed E-state index contributed by atoms with van der Waals surface area (Å²) in [6.45, 7) is 5.34. The molecular formula is C22H22N2O4S. The van der Waals surface area contributed by atoms with Crippen molar-refractivity contribution in [3.8, 4) is 22.8 Å². The van der Waals surface area contributed by atoms with Gasteiger partial charge in [0, 0.05) is 16.5 Å². The molecular weight excluding hydrogens is 388 g/mol. The first-order valence-electron chi connectivity index (χ1n) is 9.02. The third-order valence-corrected chi connectivity index (χ3v) is 5.11. The Morgan fingerprint density at radius 2 is 1.90 bits per heavy atom. The van der Waals surface area contributed by atoms with E-state index in [9.17, 15) is 9.59 Å². The Kier molecular flexibility index (Phi) is 6.29. The molecule has 0 aliphatic carbocycles. The molecule has 0 atom stereocenters. The van der Waals surface area contributed by atoms with Crippen molar-refractivity contribution in [2.24, 2.45) is 0 Å². The van der Waals surface area contributed by atoms with Crippen molar-refractivity contribution >= 4 is 28.2 Å². The van der Waals surface area contributed by atoms with Crippen LogP contribution in [0, 0.1) is 13.8 Å². The maximum absolute atomic E-state index is 12.3. The van der Waals surface area contributed by atoms with Crippen LogP contribution in [0.15, 0.2) is 41.8 Å². The molecule has 3 rings (SSSR count). The van der Waals surface area contributed by atoms with Gasteiger partial charge < -0.3 is 9.47 Å². The number of amides is 1. The molecule has 6 nitrogen and oxygen atoms in total. The minimum absolute atomic E-state index is 0.0731. The SMILES string of the molecule is COc1cc(C(C)=O)ccc1OCC(=O)Nc1nc(-c2cc(C)ccc2C)cs1. The zero-order chi connectivity index (χ0) is 21.0. The number of nitrogens with zero attached hydrogens (tertiary/aromatic N) is 1. The van der Waals surface area contributed by atoms with E-state index in [4.69, 9.17) is 9.47 Å². The summed E-state index contributed by atoms with van der Waals surface area (Å²) in [4.78, 5) is 28.2. The molecule has 0 bridgehead atoms. The van der Waals surface area contributed by atoms with Crippen LogP contribution in [0.25, 0.3) is 11.3 Å². The number of ketones is 1. The fourth-order valence-corrected chi connectivity index (χ4v) is 3.50. The number of nitrogens with one attached hydrogen (secondary N) is 1. The Bertz CT molecular complexity index is 1060. The Balaban J connectivity index is 1.64. The molecule has 1 amide bonds. The Morgan fingerprint density at radius 3 is 2.62 bits per heavy atom. The molecule has 1 N–H and O–H groups in total. The molecule has 29 heavy (non-hydrogen) atoms. The molecule has 0 radical (unpaired) electrons. The summed E-state index contributed by atoms with van der Waals surface area (Å²) in [7, 11) is 1.48. The normalized spacial score (nSPS) is 10.5. The van der Waals surface area contributed by atoms with Gasteiger partial charge in [-0.25, -0.2) is 4.98 Å². The van der Waals surface area contributed by atoms with Gasteiger partial charge in [0.15, 0.2) is 29.0 Å². The van der Waals surface area contributed by atoms with Gasteiger partial charge >= 0.3 is 0 Å². The number of ether oxygens (including phenoxy) is 2. The highest BCUT2D eigenvalue weighted by Gasteiger charge is 2.13. The Labute approximate surface area is 173 Å². The van der Waals surface area contributed by atoms with Crippen molar-refractivity contribution in [1.82, 2.24) is 4.98 Å². The standard InChI is InChI=1S/C22H22N2O4S/c1-13-5-6-14(2)17(9-13)18-12-29-22(23-18)24-21(26)11-28-19-8-7-16(15(3)25)10-20(19)27-4/h5-10,12H,11H2,1-4H3,(H,23,24,26). The van der Waals surface area contributed by atoms with Gasteiger partial charge in [0.05, 0.1) is 12.8 Å². The lowest BCUT2D eigenvalue weighted by Gasteiger charge is -2.11. The van der Waals surface area contributed by atoms with E-state index in [-0.39, 0.29) is 18.3 Å². The lowest BCUT2D eigenvalue weighted by atomic mass is 10.0. The highest BCUT2D eigenvalue weighted by molar-refractivity contribution is 7.14. The topological polar surface area (TPSA) is 77.5 Å². The first kappa shape index (κ1) is 20.5. The number of rotatable bonds is 7. The minimum Gasteiger partial charge on any atom is -0.493 e. The van der Waals surface area contributed by atoms with Crippen LogP contribution in [0.1, 0.15) is 28.4 Å². The summed E-state index contributed by atoms with van der Waals surface area (Å²) in [5.41, 5.74) is 4.67. The van der Waals surface area contributed by atoms with Gasteiger partial charge in [0.1, 0.15) is 0 Å². The smallest absolute Gasteiger partial charge is 0.264 e. The molecule has 0 fully saturated rings. The minimum atomic E-state index is -0.329. The fraction of sp³-hybridized carbons (Fsp3) is 0.227. The number of aromatic nitrogens is 1. The van der Waals surface area contributed by atoms with E-state index in [1.807, 2.05) is 19.2 Å². The molecule has 0 aliphatic heterocycles. The number of methoxy groups -OCH3 is 1. The molecule has 0 spiro atoms. The molecule has 0 aliphatic rings. The zero-order valence-corrected chi connectivity index (χ0v) is 17.6. The summed E-state index contributed by atoms with van der Waals surface area (Å²) < 4.78 is 10.8. The van der Waals surface area contributed by atoms with Crippen LogP contribution in [-0.2, 0) is 4.79 Å². The molecule has 3 aromatic rings. The van der Waals surface area contributed by atoms with Crippen molar-refractivity contribution in [2.75, 3.05) is 19.0 Å². The predicted octanol–water partition coefficient (Wildman–Crippen LogP) is 4.66. The van der Waals surface area contributed by atoms with E-state index < -0.39 is 0 Å². The highest BCUT2D eigenvalue weighted by atomic mass is 32.1. The van der Waals surface area contributed by atoms with Crippen molar-refractivity contribution in [1.29, 1.82) is 0 Å². The van der Waals surface area contributed by atoms with E-state index in [2.05, 4.69) is 28.5 Å². The second kappa shape index (κ2) is 8.87. The summed E-state index contributed by atoms with van der Waals surface area (Å²) in [5.74, 6) is 0.389. The van der Waals surface area contributed by atoms with Crippen LogP contribution in [0.4, 0.5) is 5.13 Å². The Morgan fingerprint density at radius 1 is 1.10 bits per heavy atom. The first-order chi connectivity index (χ1) is 13.9. The van der Waals surface area contributed by atoms with Crippen LogP contribution in [-0.4, -0.2) is 30.4 Å². The summed E-state index contributed by atoms with van der Waals surface area (Å²) in [6, 6.07) is 11.0. The van der Waals surface area contributed by atoms with Crippen molar-refractivity contribution in [2.45, 2.75) is 20.8 Å². The van der Waals surface area contributed by atoms with E-state index in [0.717, 1.165) is 22.4 Å². The lowest BCUT2D eigenvalue weighted by molar-refractivity contribution is -0.118. The second-order valence-electron chi connectivity index (χ2n) is 6.61. The van der Waals surface area contributed by atoms with Crippen LogP contribution in [0.2, 0.25) is 0 Å². The number of hydrogen-bond acceptors (Lipinski definition) is 6. The van der Waals surface area contributed by atoms with Gasteiger partial charge in [0.25, 0.3) is 5.91 Å². The predicted molar refractivity (Wildman–Crippen MR) is 114 cm³/mol. The number of thiazole rings is 1. The maximum Gasteiger partial charge on any atom is 0.264 e. The van der Waals surface area contributed by atoms with E-state index >= 15 is 0 Å². The highest BCUT2D eigenvalue weighted by Crippen LogP contribution is 2.29. The third-order valence-electron chi connectivity index (χ3n) is 4.35. The van der Waals surface area contributed by atoms with Crippen LogP contribution < -0.4 is 14.8 Å². The number of carbonyl (C=O) groups is 2. The molecule has 0 unspecified atom stereocenters. The van der Waals surface area contributed by atoms with E-state index in [1.54, 1.807) is 18.2 Å². The fourth-order valence-electron chi connectivity index (χ4n) is 2.77. The largest absolute Gasteiger partial charge is 0.493 e. The maximum atomic E-state index is 12.3. The third kappa shape index (κ3) is 5.00. The summed E-state index contributed by atoms with van der Waals surface area (Å²) in [6.07, 6.45) is 0. The average molecular weight is 410 g/mol. The van der Waals surface area contributed by atoms with Gasteiger partial charge in [-0.1, -0.05) is 17.7 Å². The Hall–Kier alpha value is -3.19. The van der Waals surface area contributed by atoms with Gasteiger partial charge in [-0.2, -0.15) is 0 Å². The van der Waals surface area contributed by atoms with Gasteiger partial charge in [-0.05, 0) is 50.6 Å². The summed E-state index contributed by atoms with van der Waals surface area (Å²) >= 11 is 1.36. The average Bonchev–Trinajstić information content (AvgIpc) is 3.16. The van der Waals surface area contributed by atoms with Crippen molar-refractivity contribution in [3.63, 3.8) is 0 Å². The monoisotopic (exact) mass is 410 g/mol. The van der Waals surface area contributed by atoms with Crippen LogP contribution in [0.5, 0.6) is 11.5 Å². The van der Waals surface area contributed by atoms with Crippen molar-refractivity contribution in [3.05, 3.63) is 58.5 Å². The first-order valence-corrected chi connectivity index (χ1v) is 9.90. The molecule has 0 saturated heterocycles. The second-order valence-corrected chi connectivity index (χ2v) is 7.47. The molecule has 150 valence electrons. The number of hydrogen-bond donors (Lipinski definition) is 1. The molecule has 0 saturated carbocycles. The molecule has 7 heteroatoms. The number of benzene rings is 2. The quantitative estimate of drug-likeness (QED) is 0.574. The number of anilines is 1. The van der Waals surface area contributed by atoms with Crippen molar-refractivity contribution < 1.29 is 19.1 Å². The molecule has 2 aromatic carbocycles. The number of Topliss-reactive ketones (excluding diaryl/α,β-unsaturated/α-hetero) is 1. The van der Waals surface area contributed by atoms with Gasteiger partial charge in [-0.3, -0.25) is 14.9 Å². The number of aryl methyl sites for hydroxylation is 2. The molecule has 1 heterocycles. The van der Waals surface area contributed by atoms with E-state index in [1.165, 1.54) is 25.4 Å². The molecule has 1 aromatic heterocycles. The van der Waals surface area contributed by atoms with Gasteiger partial charge in [-0.15, -0.1) is 11.3 Å². The van der Waals surface area contributed by atoms with Crippen LogP contribution >= 0.6 is 11.3 Å². The number of carbonyl (C=O) groups excluding carboxylic acids is 2. The summed E-state index contributed by atoms with van der Waals surface area (Å²) in [5, 5.41) is 5.18.